The number of carbonyl (C=O) groups is 1. The summed E-state index contributed by atoms with van der Waals surface area (Å²) in [4.78, 5) is 16.9. The molecule has 128 valence electrons. The van der Waals surface area contributed by atoms with Crippen LogP contribution >= 0.6 is 0 Å². The van der Waals surface area contributed by atoms with Crippen LogP contribution in [0, 0.1) is 6.92 Å². The van der Waals surface area contributed by atoms with Crippen molar-refractivity contribution >= 4 is 5.91 Å². The monoisotopic (exact) mass is 337 g/mol. The molecule has 2 aromatic carbocycles. The Labute approximate surface area is 145 Å². The van der Waals surface area contributed by atoms with Gasteiger partial charge in [-0.15, -0.1) is 0 Å². The molecule has 3 aromatic rings. The number of para-hydroxylation sites is 1. The quantitative estimate of drug-likeness (QED) is 0.770. The van der Waals surface area contributed by atoms with Crippen LogP contribution in [0.25, 0.3) is 11.1 Å². The van der Waals surface area contributed by atoms with Crippen molar-refractivity contribution in [3.05, 3.63) is 65.8 Å². The zero-order valence-electron chi connectivity index (χ0n) is 14.3. The minimum absolute atomic E-state index is 0.218. The SMILES string of the molecule is COc1ccccc1-c1ccccc1C(=O)NC(C)c1nc(C)no1. The van der Waals surface area contributed by atoms with Gasteiger partial charge in [0.05, 0.1) is 7.11 Å². The van der Waals surface area contributed by atoms with Gasteiger partial charge in [-0.25, -0.2) is 0 Å². The second-order valence-electron chi connectivity index (χ2n) is 5.62. The number of amides is 1. The molecule has 0 aliphatic carbocycles. The Morgan fingerprint density at radius 2 is 1.80 bits per heavy atom. The number of carbonyl (C=O) groups excluding carboxylic acids is 1. The molecule has 1 heterocycles. The molecule has 1 unspecified atom stereocenters. The summed E-state index contributed by atoms with van der Waals surface area (Å²) in [6.45, 7) is 3.54. The third-order valence-corrected chi connectivity index (χ3v) is 3.83. The van der Waals surface area contributed by atoms with Gasteiger partial charge < -0.3 is 14.6 Å². The molecule has 0 bridgehead atoms. The molecule has 0 radical (unpaired) electrons. The summed E-state index contributed by atoms with van der Waals surface area (Å²) in [5, 5.41) is 6.65. The smallest absolute Gasteiger partial charge is 0.252 e. The average Bonchev–Trinajstić information content (AvgIpc) is 3.08. The first-order valence-corrected chi connectivity index (χ1v) is 7.93. The molecule has 0 aliphatic heterocycles. The highest BCUT2D eigenvalue weighted by Gasteiger charge is 2.20. The van der Waals surface area contributed by atoms with Gasteiger partial charge in [0, 0.05) is 11.1 Å². The lowest BCUT2D eigenvalue weighted by atomic mass is 9.98. The van der Waals surface area contributed by atoms with E-state index >= 15 is 0 Å². The van der Waals surface area contributed by atoms with Crippen molar-refractivity contribution < 1.29 is 14.1 Å². The number of aromatic nitrogens is 2. The zero-order chi connectivity index (χ0) is 17.8. The topological polar surface area (TPSA) is 77.2 Å². The number of rotatable bonds is 5. The largest absolute Gasteiger partial charge is 0.496 e. The fourth-order valence-corrected chi connectivity index (χ4v) is 2.61. The Morgan fingerprint density at radius 3 is 2.48 bits per heavy atom. The molecule has 1 atom stereocenters. The fraction of sp³-hybridized carbons (Fsp3) is 0.211. The summed E-state index contributed by atoms with van der Waals surface area (Å²) in [5.41, 5.74) is 2.21. The van der Waals surface area contributed by atoms with E-state index in [9.17, 15) is 4.79 Å². The number of methoxy groups -OCH3 is 1. The summed E-state index contributed by atoms with van der Waals surface area (Å²) < 4.78 is 10.5. The van der Waals surface area contributed by atoms with Crippen LogP contribution in [0.1, 0.15) is 35.0 Å². The van der Waals surface area contributed by atoms with Crippen LogP contribution in [0.15, 0.2) is 53.1 Å². The molecule has 1 aromatic heterocycles. The highest BCUT2D eigenvalue weighted by molar-refractivity contribution is 6.01. The maximum atomic E-state index is 12.8. The summed E-state index contributed by atoms with van der Waals surface area (Å²) >= 11 is 0. The van der Waals surface area contributed by atoms with Crippen molar-refractivity contribution in [1.29, 1.82) is 0 Å². The zero-order valence-corrected chi connectivity index (χ0v) is 14.3. The highest BCUT2D eigenvalue weighted by Crippen LogP contribution is 2.32. The predicted octanol–water partition coefficient (Wildman–Crippen LogP) is 3.54. The number of nitrogens with one attached hydrogen (secondary N) is 1. The minimum Gasteiger partial charge on any atom is -0.496 e. The van der Waals surface area contributed by atoms with Gasteiger partial charge in [0.25, 0.3) is 5.91 Å². The van der Waals surface area contributed by atoms with Gasteiger partial charge in [0.1, 0.15) is 11.8 Å². The molecular formula is C19H19N3O3. The molecule has 0 saturated carbocycles. The first-order chi connectivity index (χ1) is 12.1. The third-order valence-electron chi connectivity index (χ3n) is 3.83. The molecule has 3 rings (SSSR count). The second-order valence-corrected chi connectivity index (χ2v) is 5.62. The number of hydrogen-bond donors (Lipinski definition) is 1. The van der Waals surface area contributed by atoms with Crippen molar-refractivity contribution in [2.24, 2.45) is 0 Å². The van der Waals surface area contributed by atoms with E-state index in [1.54, 1.807) is 27.0 Å². The van der Waals surface area contributed by atoms with Crippen molar-refractivity contribution in [1.82, 2.24) is 15.5 Å². The third kappa shape index (κ3) is 3.52. The van der Waals surface area contributed by atoms with E-state index in [4.69, 9.17) is 9.26 Å². The van der Waals surface area contributed by atoms with E-state index in [0.29, 0.717) is 23.0 Å². The van der Waals surface area contributed by atoms with Crippen LogP contribution in [0.5, 0.6) is 5.75 Å². The Hall–Kier alpha value is -3.15. The van der Waals surface area contributed by atoms with Crippen molar-refractivity contribution in [2.45, 2.75) is 19.9 Å². The maximum Gasteiger partial charge on any atom is 0.252 e. The van der Waals surface area contributed by atoms with Crippen LogP contribution < -0.4 is 10.1 Å². The first-order valence-electron chi connectivity index (χ1n) is 7.93. The molecule has 0 aliphatic rings. The number of benzene rings is 2. The lowest BCUT2D eigenvalue weighted by Crippen LogP contribution is -2.27. The van der Waals surface area contributed by atoms with Crippen molar-refractivity contribution in [3.8, 4) is 16.9 Å². The minimum atomic E-state index is -0.389. The van der Waals surface area contributed by atoms with Gasteiger partial charge >= 0.3 is 0 Å². The molecule has 0 spiro atoms. The van der Waals surface area contributed by atoms with E-state index in [0.717, 1.165) is 11.1 Å². The Kier molecular flexibility index (Phi) is 4.79. The average molecular weight is 337 g/mol. The van der Waals surface area contributed by atoms with Gasteiger partial charge in [-0.3, -0.25) is 4.79 Å². The lowest BCUT2D eigenvalue weighted by molar-refractivity contribution is 0.0933. The summed E-state index contributed by atoms with van der Waals surface area (Å²) in [5.74, 6) is 1.40. The normalized spacial score (nSPS) is 11.8. The van der Waals surface area contributed by atoms with Gasteiger partial charge in [0.2, 0.25) is 5.89 Å². The van der Waals surface area contributed by atoms with Crippen LogP contribution in [-0.2, 0) is 0 Å². The summed E-state index contributed by atoms with van der Waals surface area (Å²) in [6.07, 6.45) is 0. The number of nitrogens with zero attached hydrogens (tertiary/aromatic N) is 2. The van der Waals surface area contributed by atoms with Crippen LogP contribution in [0.2, 0.25) is 0 Å². The highest BCUT2D eigenvalue weighted by atomic mass is 16.5. The van der Waals surface area contributed by atoms with Crippen molar-refractivity contribution in [2.75, 3.05) is 7.11 Å². The van der Waals surface area contributed by atoms with E-state index < -0.39 is 0 Å². The maximum absolute atomic E-state index is 12.8. The number of aryl methyl sites for hydroxylation is 1. The molecular weight excluding hydrogens is 318 g/mol. The van der Waals surface area contributed by atoms with Gasteiger partial charge in [-0.2, -0.15) is 4.98 Å². The Bertz CT molecular complexity index is 889. The van der Waals surface area contributed by atoms with Gasteiger partial charge in [-0.05, 0) is 31.5 Å². The Balaban J connectivity index is 1.91. The van der Waals surface area contributed by atoms with E-state index in [-0.39, 0.29) is 11.9 Å². The van der Waals surface area contributed by atoms with Gasteiger partial charge in [-0.1, -0.05) is 41.6 Å². The lowest BCUT2D eigenvalue weighted by Gasteiger charge is -2.14. The fourth-order valence-electron chi connectivity index (χ4n) is 2.61. The first kappa shape index (κ1) is 16.7. The molecule has 1 N–H and O–H groups in total. The van der Waals surface area contributed by atoms with Crippen LogP contribution in [-0.4, -0.2) is 23.2 Å². The molecule has 6 heteroatoms. The van der Waals surface area contributed by atoms with E-state index in [1.807, 2.05) is 42.5 Å². The summed E-state index contributed by atoms with van der Waals surface area (Å²) in [7, 11) is 1.61. The summed E-state index contributed by atoms with van der Waals surface area (Å²) in [6, 6.07) is 14.6. The van der Waals surface area contributed by atoms with Crippen LogP contribution in [0.3, 0.4) is 0 Å². The molecule has 6 nitrogen and oxygen atoms in total. The number of ether oxygens (including phenoxy) is 1. The predicted molar refractivity (Wildman–Crippen MR) is 93.3 cm³/mol. The van der Waals surface area contributed by atoms with Crippen LogP contribution in [0.4, 0.5) is 0 Å². The van der Waals surface area contributed by atoms with E-state index in [2.05, 4.69) is 15.5 Å². The second kappa shape index (κ2) is 7.17. The number of hydrogen-bond acceptors (Lipinski definition) is 5. The van der Waals surface area contributed by atoms with Gasteiger partial charge in [0.15, 0.2) is 5.82 Å². The standard InChI is InChI=1S/C19H19N3O3/c1-12(19-21-13(2)22-25-19)20-18(23)16-10-5-4-8-14(16)15-9-6-7-11-17(15)24-3/h4-12H,1-3H3,(H,20,23). The van der Waals surface area contributed by atoms with E-state index in [1.165, 1.54) is 0 Å². The Morgan fingerprint density at radius 1 is 1.12 bits per heavy atom. The molecule has 0 saturated heterocycles. The molecule has 1 amide bonds. The van der Waals surface area contributed by atoms with Crippen molar-refractivity contribution in [3.63, 3.8) is 0 Å². The molecule has 0 fully saturated rings. The molecule has 25 heavy (non-hydrogen) atoms.